The van der Waals surface area contributed by atoms with E-state index >= 15 is 0 Å². The van der Waals surface area contributed by atoms with Gasteiger partial charge in [-0.3, -0.25) is 4.79 Å². The van der Waals surface area contributed by atoms with E-state index in [1.165, 1.54) is 116 Å². The number of hydrogen-bond acceptors (Lipinski definition) is 3. The van der Waals surface area contributed by atoms with E-state index in [0.29, 0.717) is 41.3 Å². The van der Waals surface area contributed by atoms with Crippen LogP contribution >= 0.6 is 23.2 Å². The first kappa shape index (κ1) is 38.0. The SMILES string of the molecule is N#CC(CC1CCC(CCC(=O)CCC2CCC(CC(C#N)C3CCC(CCCCl)CC3)CC2)CC1)C1CCC(CCCCl)CC1. The molecule has 0 spiro atoms. The Morgan fingerprint density at radius 3 is 1.13 bits per heavy atom. The molecule has 0 bridgehead atoms. The second-order valence-corrected chi connectivity index (χ2v) is 17.3. The van der Waals surface area contributed by atoms with Gasteiger partial charge in [0.15, 0.2) is 0 Å². The van der Waals surface area contributed by atoms with Crippen molar-refractivity contribution < 1.29 is 4.79 Å². The minimum Gasteiger partial charge on any atom is -0.300 e. The van der Waals surface area contributed by atoms with Gasteiger partial charge in [0.1, 0.15) is 5.78 Å². The minimum absolute atomic E-state index is 0.247. The van der Waals surface area contributed by atoms with Gasteiger partial charge in [0.05, 0.1) is 12.1 Å². The van der Waals surface area contributed by atoms with Gasteiger partial charge < -0.3 is 0 Å². The number of nitrogens with zero attached hydrogens (tertiary/aromatic N) is 2. The van der Waals surface area contributed by atoms with Crippen molar-refractivity contribution in [3.8, 4) is 12.1 Å². The first-order valence-corrected chi connectivity index (χ1v) is 21.0. The lowest BCUT2D eigenvalue weighted by Gasteiger charge is -2.35. The van der Waals surface area contributed by atoms with E-state index in [1.807, 2.05) is 0 Å². The van der Waals surface area contributed by atoms with E-state index in [1.54, 1.807) is 0 Å². The van der Waals surface area contributed by atoms with Crippen molar-refractivity contribution in [2.24, 2.45) is 59.2 Å². The van der Waals surface area contributed by atoms with E-state index in [-0.39, 0.29) is 11.8 Å². The third-order valence-corrected chi connectivity index (χ3v) is 14.0. The van der Waals surface area contributed by atoms with Crippen molar-refractivity contribution in [1.82, 2.24) is 0 Å². The number of alkyl halides is 2. The summed E-state index contributed by atoms with van der Waals surface area (Å²) in [7, 11) is 0. The average molecular weight is 674 g/mol. The quantitative estimate of drug-likeness (QED) is 0.136. The lowest BCUT2D eigenvalue weighted by atomic mass is 9.70. The van der Waals surface area contributed by atoms with Gasteiger partial charge in [-0.15, -0.1) is 23.2 Å². The zero-order valence-electron chi connectivity index (χ0n) is 29.1. The van der Waals surface area contributed by atoms with Crippen molar-refractivity contribution in [2.45, 2.75) is 167 Å². The fourth-order valence-electron chi connectivity index (χ4n) is 10.3. The first-order chi connectivity index (χ1) is 22.5. The summed E-state index contributed by atoms with van der Waals surface area (Å²) < 4.78 is 0. The smallest absolute Gasteiger partial charge is 0.132 e. The molecule has 0 radical (unpaired) electrons. The third-order valence-electron chi connectivity index (χ3n) is 13.5. The van der Waals surface area contributed by atoms with E-state index < -0.39 is 0 Å². The number of Topliss-reactive ketones (excluding diaryl/α,β-unsaturated/α-hetero) is 1. The molecule has 4 fully saturated rings. The van der Waals surface area contributed by atoms with Crippen LogP contribution in [-0.2, 0) is 4.79 Å². The summed E-state index contributed by atoms with van der Waals surface area (Å²) in [5, 5.41) is 19.9. The number of rotatable bonds is 18. The maximum absolute atomic E-state index is 12.9. The van der Waals surface area contributed by atoms with Crippen LogP contribution in [0.5, 0.6) is 0 Å². The van der Waals surface area contributed by atoms with Gasteiger partial charge in [0, 0.05) is 36.4 Å². The molecular weight excluding hydrogens is 607 g/mol. The Morgan fingerprint density at radius 2 is 0.804 bits per heavy atom. The second kappa shape index (κ2) is 21.3. The van der Waals surface area contributed by atoms with Crippen LogP contribution in [0.2, 0.25) is 0 Å². The molecule has 4 saturated carbocycles. The van der Waals surface area contributed by atoms with Crippen molar-refractivity contribution in [3.05, 3.63) is 0 Å². The van der Waals surface area contributed by atoms with Crippen molar-refractivity contribution >= 4 is 29.0 Å². The predicted molar refractivity (Wildman–Crippen MR) is 193 cm³/mol. The Hall–Kier alpha value is -0.770. The molecule has 2 atom stereocenters. The van der Waals surface area contributed by atoms with E-state index in [4.69, 9.17) is 23.2 Å². The van der Waals surface area contributed by atoms with Crippen molar-refractivity contribution in [1.29, 1.82) is 10.5 Å². The molecule has 3 nitrogen and oxygen atoms in total. The van der Waals surface area contributed by atoms with Crippen LogP contribution in [0.15, 0.2) is 0 Å². The third kappa shape index (κ3) is 12.9. The Labute approximate surface area is 293 Å². The summed E-state index contributed by atoms with van der Waals surface area (Å²) in [4.78, 5) is 12.9. The molecule has 4 rings (SSSR count). The van der Waals surface area contributed by atoms with E-state index in [9.17, 15) is 15.3 Å². The largest absolute Gasteiger partial charge is 0.300 e. The maximum Gasteiger partial charge on any atom is 0.132 e. The molecule has 0 N–H and O–H groups in total. The highest BCUT2D eigenvalue weighted by Crippen LogP contribution is 2.43. The molecule has 0 saturated heterocycles. The van der Waals surface area contributed by atoms with Gasteiger partial charge in [-0.2, -0.15) is 10.5 Å². The van der Waals surface area contributed by atoms with Crippen LogP contribution in [0.1, 0.15) is 167 Å². The zero-order chi connectivity index (χ0) is 32.6. The Kier molecular flexibility index (Phi) is 17.7. The minimum atomic E-state index is 0.247. The number of ketones is 1. The van der Waals surface area contributed by atoms with Gasteiger partial charge in [-0.25, -0.2) is 0 Å². The van der Waals surface area contributed by atoms with Crippen LogP contribution in [-0.4, -0.2) is 17.5 Å². The van der Waals surface area contributed by atoms with Gasteiger partial charge in [0.25, 0.3) is 0 Å². The van der Waals surface area contributed by atoms with Crippen LogP contribution in [0.25, 0.3) is 0 Å². The van der Waals surface area contributed by atoms with E-state index in [0.717, 1.165) is 75.0 Å². The molecule has 0 amide bonds. The van der Waals surface area contributed by atoms with E-state index in [2.05, 4.69) is 12.1 Å². The highest BCUT2D eigenvalue weighted by atomic mass is 35.5. The summed E-state index contributed by atoms with van der Waals surface area (Å²) >= 11 is 11.8. The van der Waals surface area contributed by atoms with Crippen molar-refractivity contribution in [2.75, 3.05) is 11.8 Å². The zero-order valence-corrected chi connectivity index (χ0v) is 30.6. The normalized spacial score (nSPS) is 33.4. The lowest BCUT2D eigenvalue weighted by molar-refractivity contribution is -0.119. The summed E-state index contributed by atoms with van der Waals surface area (Å²) in [6.45, 7) is 0. The molecule has 5 heteroatoms. The summed E-state index contributed by atoms with van der Waals surface area (Å²) in [6, 6.07) is 5.44. The number of carbonyl (C=O) groups excluding carboxylic acids is 1. The molecular formula is C41H66Cl2N2O. The fraction of sp³-hybridized carbons (Fsp3) is 0.927. The molecule has 0 heterocycles. The fourth-order valence-corrected chi connectivity index (χ4v) is 10.6. The number of halogens is 2. The Balaban J connectivity index is 1.03. The second-order valence-electron chi connectivity index (χ2n) is 16.6. The Bertz CT molecular complexity index is 851. The molecule has 0 aromatic heterocycles. The lowest BCUT2D eigenvalue weighted by Crippen LogP contribution is -2.25. The van der Waals surface area contributed by atoms with Gasteiger partial charge in [-0.1, -0.05) is 77.0 Å². The van der Waals surface area contributed by atoms with Crippen LogP contribution < -0.4 is 0 Å². The number of hydrogen-bond donors (Lipinski definition) is 0. The number of nitriles is 2. The first-order valence-electron chi connectivity index (χ1n) is 19.9. The Morgan fingerprint density at radius 1 is 0.500 bits per heavy atom. The molecule has 2 unspecified atom stereocenters. The molecule has 0 aliphatic heterocycles. The molecule has 4 aliphatic rings. The average Bonchev–Trinajstić information content (AvgIpc) is 3.11. The summed E-state index contributed by atoms with van der Waals surface area (Å²) in [5.74, 6) is 8.28. The molecule has 4 aliphatic carbocycles. The van der Waals surface area contributed by atoms with Crippen LogP contribution in [0.3, 0.4) is 0 Å². The molecule has 0 aromatic rings. The van der Waals surface area contributed by atoms with Gasteiger partial charge in [-0.05, 0) is 124 Å². The monoisotopic (exact) mass is 672 g/mol. The highest BCUT2D eigenvalue weighted by molar-refractivity contribution is 6.18. The van der Waals surface area contributed by atoms with Crippen LogP contribution in [0.4, 0.5) is 0 Å². The maximum atomic E-state index is 12.9. The van der Waals surface area contributed by atoms with Crippen molar-refractivity contribution in [3.63, 3.8) is 0 Å². The van der Waals surface area contributed by atoms with Gasteiger partial charge in [0.2, 0.25) is 0 Å². The summed E-state index contributed by atoms with van der Waals surface area (Å²) in [5.41, 5.74) is 0. The topological polar surface area (TPSA) is 64.7 Å². The summed E-state index contributed by atoms with van der Waals surface area (Å²) in [6.07, 6.45) is 30.9. The molecule has 0 aromatic carbocycles. The highest BCUT2D eigenvalue weighted by Gasteiger charge is 2.33. The van der Waals surface area contributed by atoms with Crippen LogP contribution in [0, 0.1) is 81.8 Å². The molecule has 260 valence electrons. The predicted octanol–water partition coefficient (Wildman–Crippen LogP) is 12.4. The number of carbonyl (C=O) groups is 1. The molecule has 46 heavy (non-hydrogen) atoms. The van der Waals surface area contributed by atoms with Gasteiger partial charge >= 0.3 is 0 Å². The standard InChI is InChI=1S/C41H66Cl2N2O/c42-25-1-3-31-13-19-37(20-14-31)39(29-44)27-35-9-5-33(6-10-35)17-23-41(46)24-18-34-7-11-36(12-8-34)28-40(30-45)38-21-15-32(16-22-38)4-2-26-43/h31-40H,1-28H2.